The maximum atomic E-state index is 14.4. The van der Waals surface area contributed by atoms with Gasteiger partial charge in [0.15, 0.2) is 5.78 Å². The zero-order valence-corrected chi connectivity index (χ0v) is 58.0. The smallest absolute Gasteiger partial charge is 0.193 e. The number of para-hydroxylation sites is 10. The quantitative estimate of drug-likeness (QED) is 0.128. The lowest BCUT2D eigenvalue weighted by molar-refractivity contribution is 0.103. The van der Waals surface area contributed by atoms with Crippen LogP contribution in [0.4, 0.5) is 0 Å². The first-order valence-electron chi connectivity index (χ1n) is 36.4. The topological polar surface area (TPSA) is 94.2 Å². The Labute approximate surface area is 618 Å². The van der Waals surface area contributed by atoms with E-state index in [1.165, 1.54) is 10.8 Å². The molecule has 0 atom stereocenters. The standard InChI is InChI=1S/C99H58N8O/c100-59-64-55-80(96(105-87-38-16-5-26-73(87)74-27-6-17-39-88(74)105)57-94(64)104-85-36-14-3-24-71(85)72-25-4-15-37-86(72)104)81-56-65(60-101)95(58-97(81)106-89-40-18-7-28-75(89)76-29-8-19-41-90(76)106)107-91-42-20-10-31-78(91)98-68(32-21-43-93(98)107)63-48-53-92-79(54-63)77-30-9-13-35-84(77)103(92)67-51-46-62(47-52-67)99(108)61-44-49-66(50-45-61)102-82-33-11-1-22-69(82)70-23-2-12-34-83(70)102/h1-58H. The molecule has 0 N–H and O–H groups in total. The van der Waals surface area contributed by atoms with Crippen LogP contribution < -0.4 is 0 Å². The molecule has 9 heteroatoms. The summed E-state index contributed by atoms with van der Waals surface area (Å²) in [6, 6.07) is 129. The molecule has 108 heavy (non-hydrogen) atoms. The minimum absolute atomic E-state index is 0.0414. The van der Waals surface area contributed by atoms with Crippen LogP contribution in [0, 0.1) is 22.7 Å². The number of rotatable bonds is 10. The van der Waals surface area contributed by atoms with Gasteiger partial charge in [0, 0.05) is 98.3 Å². The number of hydrogen-bond acceptors (Lipinski definition) is 3. The first kappa shape index (κ1) is 60.5. The third-order valence-corrected chi connectivity index (χ3v) is 22.5. The van der Waals surface area contributed by atoms with Crippen molar-refractivity contribution in [3.63, 3.8) is 0 Å². The summed E-state index contributed by atoms with van der Waals surface area (Å²) < 4.78 is 13.8. The number of nitrogens with zero attached hydrogens (tertiary/aromatic N) is 8. The van der Waals surface area contributed by atoms with Gasteiger partial charge in [0.05, 0.1) is 100 Å². The minimum Gasteiger partial charge on any atom is -0.309 e. The molecule has 0 unspecified atom stereocenters. The molecule has 0 aliphatic carbocycles. The number of ketones is 1. The lowest BCUT2D eigenvalue weighted by Gasteiger charge is -2.23. The van der Waals surface area contributed by atoms with Gasteiger partial charge in [-0.2, -0.15) is 10.5 Å². The fourth-order valence-electron chi connectivity index (χ4n) is 17.9. The van der Waals surface area contributed by atoms with Crippen LogP contribution in [-0.4, -0.2) is 33.2 Å². The Bertz CT molecular complexity index is 7510. The molecule has 0 bridgehead atoms. The molecular weight excluding hydrogens is 1320 g/mol. The van der Waals surface area contributed by atoms with Crippen LogP contribution in [0.15, 0.2) is 352 Å². The van der Waals surface area contributed by atoms with E-state index in [-0.39, 0.29) is 5.78 Å². The summed E-state index contributed by atoms with van der Waals surface area (Å²) in [4.78, 5) is 14.4. The van der Waals surface area contributed by atoms with E-state index in [1.54, 1.807) is 0 Å². The van der Waals surface area contributed by atoms with Gasteiger partial charge in [-0.15, -0.1) is 0 Å². The summed E-state index contributed by atoms with van der Waals surface area (Å²) in [5.41, 5.74) is 23.1. The van der Waals surface area contributed by atoms with Gasteiger partial charge < -0.3 is 27.4 Å². The van der Waals surface area contributed by atoms with Gasteiger partial charge in [0.1, 0.15) is 12.1 Å². The number of nitriles is 2. The summed E-state index contributed by atoms with van der Waals surface area (Å²) in [6.45, 7) is 0. The lowest BCUT2D eigenvalue weighted by atomic mass is 9.94. The summed E-state index contributed by atoms with van der Waals surface area (Å²) in [5.74, 6) is -0.0414. The largest absolute Gasteiger partial charge is 0.309 e. The van der Waals surface area contributed by atoms with E-state index in [9.17, 15) is 15.3 Å². The number of fused-ring (bicyclic) bond motifs is 18. The number of benzene rings is 16. The van der Waals surface area contributed by atoms with Gasteiger partial charge in [-0.1, -0.05) is 200 Å². The Morgan fingerprint density at radius 3 is 0.852 bits per heavy atom. The third-order valence-electron chi connectivity index (χ3n) is 22.5. The molecule has 0 fully saturated rings. The van der Waals surface area contributed by atoms with E-state index in [4.69, 9.17) is 0 Å². The molecule has 0 aliphatic rings. The molecule has 0 amide bonds. The van der Waals surface area contributed by atoms with Crippen LogP contribution in [0.1, 0.15) is 27.0 Å². The zero-order chi connectivity index (χ0) is 71.4. The second kappa shape index (κ2) is 23.5. The van der Waals surface area contributed by atoms with Crippen molar-refractivity contribution >= 4 is 137 Å². The molecule has 0 spiro atoms. The molecule has 22 rings (SSSR count). The number of carbonyl (C=O) groups excluding carboxylic acids is 1. The Morgan fingerprint density at radius 2 is 0.500 bits per heavy atom. The predicted octanol–water partition coefficient (Wildman–Crippen LogP) is 24.6. The molecule has 0 aliphatic heterocycles. The van der Waals surface area contributed by atoms with Gasteiger partial charge in [0.25, 0.3) is 0 Å². The van der Waals surface area contributed by atoms with E-state index in [2.05, 4.69) is 355 Å². The Balaban J connectivity index is 0.718. The van der Waals surface area contributed by atoms with E-state index < -0.39 is 0 Å². The fourth-order valence-corrected chi connectivity index (χ4v) is 17.9. The van der Waals surface area contributed by atoms with Gasteiger partial charge in [0.2, 0.25) is 0 Å². The van der Waals surface area contributed by atoms with E-state index in [0.717, 1.165) is 171 Å². The van der Waals surface area contributed by atoms with Crippen molar-refractivity contribution < 1.29 is 4.79 Å². The number of carbonyl (C=O) groups is 1. The van der Waals surface area contributed by atoms with E-state index >= 15 is 0 Å². The summed E-state index contributed by atoms with van der Waals surface area (Å²) in [7, 11) is 0. The van der Waals surface area contributed by atoms with Crippen molar-refractivity contribution in [2.24, 2.45) is 0 Å². The highest BCUT2D eigenvalue weighted by Crippen LogP contribution is 2.48. The Hall–Kier alpha value is -15.0. The average molecular weight is 1380 g/mol. The molecule has 22 aromatic rings. The average Bonchev–Trinajstić information content (AvgIpc) is 1.55. The molecule has 6 aromatic heterocycles. The van der Waals surface area contributed by atoms with Crippen LogP contribution in [0.5, 0.6) is 0 Å². The molecule has 9 nitrogen and oxygen atoms in total. The maximum absolute atomic E-state index is 14.4. The summed E-state index contributed by atoms with van der Waals surface area (Å²) in [5, 5.41) is 37.2. The second-order valence-corrected chi connectivity index (χ2v) is 28.0. The normalized spacial score (nSPS) is 11.9. The van der Waals surface area contributed by atoms with Crippen molar-refractivity contribution in [2.75, 3.05) is 0 Å². The molecule has 0 radical (unpaired) electrons. The van der Waals surface area contributed by atoms with E-state index in [1.807, 2.05) is 36.4 Å². The highest BCUT2D eigenvalue weighted by molar-refractivity contribution is 6.19. The van der Waals surface area contributed by atoms with Gasteiger partial charge >= 0.3 is 0 Å². The van der Waals surface area contributed by atoms with E-state index in [0.29, 0.717) is 27.9 Å². The number of aromatic nitrogens is 6. The highest BCUT2D eigenvalue weighted by atomic mass is 16.1. The fraction of sp³-hybridized carbons (Fsp3) is 0. The molecule has 0 saturated carbocycles. The summed E-state index contributed by atoms with van der Waals surface area (Å²) in [6.07, 6.45) is 0. The molecule has 0 saturated heterocycles. The van der Waals surface area contributed by atoms with Crippen LogP contribution in [0.25, 0.3) is 187 Å². The highest BCUT2D eigenvalue weighted by Gasteiger charge is 2.29. The van der Waals surface area contributed by atoms with Gasteiger partial charge in [-0.05, 0) is 163 Å². The molecule has 6 heterocycles. The van der Waals surface area contributed by atoms with Crippen LogP contribution in [-0.2, 0) is 0 Å². The molecule has 16 aromatic carbocycles. The first-order chi connectivity index (χ1) is 53.5. The van der Waals surface area contributed by atoms with Crippen LogP contribution >= 0.6 is 0 Å². The van der Waals surface area contributed by atoms with Crippen molar-refractivity contribution in [1.29, 1.82) is 10.5 Å². The molecular formula is C99H58N8O. The van der Waals surface area contributed by atoms with Crippen LogP contribution in [0.3, 0.4) is 0 Å². The Kier molecular flexibility index (Phi) is 13.2. The van der Waals surface area contributed by atoms with Crippen molar-refractivity contribution in [3.05, 3.63) is 374 Å². The lowest BCUT2D eigenvalue weighted by Crippen LogP contribution is -2.07. The van der Waals surface area contributed by atoms with Crippen molar-refractivity contribution in [2.45, 2.75) is 0 Å². The zero-order valence-electron chi connectivity index (χ0n) is 58.0. The Morgan fingerprint density at radius 1 is 0.222 bits per heavy atom. The van der Waals surface area contributed by atoms with Gasteiger partial charge in [-0.25, -0.2) is 0 Å². The SMILES string of the molecule is N#Cc1cc(-c2cc(C#N)c(-n3c4ccccc4c4c(-c5ccc6c(c5)c5ccccc5n6-c5ccc(C(=O)c6ccc(-n7c8ccccc8c8ccccc87)cc6)cc5)cccc43)cc2-n2c3ccccc3c3ccccc32)c(-n2c3ccccc3c3ccccc32)cc1-n1c2ccccc2c2ccccc21. The number of hydrogen-bond donors (Lipinski definition) is 0. The monoisotopic (exact) mass is 1370 g/mol. The van der Waals surface area contributed by atoms with Crippen molar-refractivity contribution in [3.8, 4) is 68.5 Å². The maximum Gasteiger partial charge on any atom is 0.193 e. The van der Waals surface area contributed by atoms with Crippen molar-refractivity contribution in [1.82, 2.24) is 27.4 Å². The molecule has 500 valence electrons. The third kappa shape index (κ3) is 8.76. The first-order valence-corrected chi connectivity index (χ1v) is 36.4. The minimum atomic E-state index is -0.0414. The second-order valence-electron chi connectivity index (χ2n) is 28.0. The summed E-state index contributed by atoms with van der Waals surface area (Å²) >= 11 is 0. The van der Waals surface area contributed by atoms with Crippen LogP contribution in [0.2, 0.25) is 0 Å². The van der Waals surface area contributed by atoms with Gasteiger partial charge in [-0.3, -0.25) is 4.79 Å². The predicted molar refractivity (Wildman–Crippen MR) is 443 cm³/mol.